The molecule has 1 aromatic carbocycles. The summed E-state index contributed by atoms with van der Waals surface area (Å²) in [4.78, 5) is 42.1. The molecule has 0 radical (unpaired) electrons. The van der Waals surface area contributed by atoms with Crippen molar-refractivity contribution < 1.29 is 24.3 Å². The van der Waals surface area contributed by atoms with Gasteiger partial charge in [0.1, 0.15) is 0 Å². The van der Waals surface area contributed by atoms with Crippen molar-refractivity contribution in [3.05, 3.63) is 29.8 Å². The van der Waals surface area contributed by atoms with Gasteiger partial charge in [-0.05, 0) is 36.8 Å². The van der Waals surface area contributed by atoms with Crippen molar-refractivity contribution >= 4 is 23.7 Å². The van der Waals surface area contributed by atoms with Gasteiger partial charge in [-0.15, -0.1) is 0 Å². The van der Waals surface area contributed by atoms with Crippen molar-refractivity contribution in [1.82, 2.24) is 5.06 Å². The standard InChI is InChI=1S/C18H22N2O5/c1-19(16(21)9-10-17(22)23)25-18(24)20-14-7-3-2-5-12(14)11-13-6-4-8-15(13)20/h2-3,5,7,13,15H,4,6,8-11H2,1H3,(H,22,23). The zero-order chi connectivity index (χ0) is 18.0. The highest BCUT2D eigenvalue weighted by Gasteiger charge is 2.41. The highest BCUT2D eigenvalue weighted by molar-refractivity contribution is 5.91. The monoisotopic (exact) mass is 346 g/mol. The van der Waals surface area contributed by atoms with Crippen molar-refractivity contribution in [3.63, 3.8) is 0 Å². The second-order valence-corrected chi connectivity index (χ2v) is 6.60. The van der Waals surface area contributed by atoms with E-state index in [2.05, 4.69) is 0 Å². The van der Waals surface area contributed by atoms with Crippen LogP contribution < -0.4 is 4.90 Å². The third kappa shape index (κ3) is 3.60. The number of para-hydroxylation sites is 1. The van der Waals surface area contributed by atoms with Gasteiger partial charge in [0.05, 0.1) is 12.1 Å². The van der Waals surface area contributed by atoms with Gasteiger partial charge in [0.15, 0.2) is 0 Å². The molecule has 25 heavy (non-hydrogen) atoms. The van der Waals surface area contributed by atoms with Crippen LogP contribution in [0.25, 0.3) is 0 Å². The summed E-state index contributed by atoms with van der Waals surface area (Å²) in [7, 11) is 1.34. The topological polar surface area (TPSA) is 87.2 Å². The first-order valence-electron chi connectivity index (χ1n) is 8.54. The number of rotatable bonds is 3. The molecule has 0 saturated heterocycles. The largest absolute Gasteiger partial charge is 0.481 e. The lowest BCUT2D eigenvalue weighted by molar-refractivity contribution is -0.160. The number of nitrogens with zero attached hydrogens (tertiary/aromatic N) is 2. The fourth-order valence-electron chi connectivity index (χ4n) is 3.79. The van der Waals surface area contributed by atoms with E-state index in [0.29, 0.717) is 5.92 Å². The number of hydroxylamine groups is 2. The SMILES string of the molecule is CN(OC(=O)N1c2ccccc2CC2CCCC21)C(=O)CCC(=O)O. The molecule has 1 heterocycles. The number of benzene rings is 1. The molecule has 0 spiro atoms. The molecule has 2 unspecified atom stereocenters. The maximum atomic E-state index is 12.7. The summed E-state index contributed by atoms with van der Waals surface area (Å²) >= 11 is 0. The molecular weight excluding hydrogens is 324 g/mol. The van der Waals surface area contributed by atoms with Gasteiger partial charge in [0.25, 0.3) is 5.91 Å². The van der Waals surface area contributed by atoms with Gasteiger partial charge in [0.2, 0.25) is 0 Å². The molecule has 1 fully saturated rings. The zero-order valence-electron chi connectivity index (χ0n) is 14.2. The quantitative estimate of drug-likeness (QED) is 0.850. The predicted molar refractivity (Wildman–Crippen MR) is 89.9 cm³/mol. The van der Waals surface area contributed by atoms with Crippen molar-refractivity contribution in [2.24, 2.45) is 5.92 Å². The Kier molecular flexibility index (Phi) is 4.92. The van der Waals surface area contributed by atoms with Crippen LogP contribution in [0, 0.1) is 5.92 Å². The Morgan fingerprint density at radius 2 is 2.00 bits per heavy atom. The summed E-state index contributed by atoms with van der Waals surface area (Å²) in [6, 6.07) is 7.85. The van der Waals surface area contributed by atoms with Crippen LogP contribution in [0.5, 0.6) is 0 Å². The summed E-state index contributed by atoms with van der Waals surface area (Å²) in [5, 5.41) is 9.49. The van der Waals surface area contributed by atoms with Crippen LogP contribution in [0.15, 0.2) is 24.3 Å². The van der Waals surface area contributed by atoms with Crippen LogP contribution in [0.2, 0.25) is 0 Å². The average Bonchev–Trinajstić information content (AvgIpc) is 3.04. The number of amides is 2. The Labute approximate surface area is 146 Å². The van der Waals surface area contributed by atoms with Gasteiger partial charge < -0.3 is 9.94 Å². The van der Waals surface area contributed by atoms with Crippen molar-refractivity contribution in [2.45, 2.75) is 44.6 Å². The third-order valence-corrected chi connectivity index (χ3v) is 5.00. The highest BCUT2D eigenvalue weighted by Crippen LogP contribution is 2.42. The first-order valence-corrected chi connectivity index (χ1v) is 8.54. The Morgan fingerprint density at radius 3 is 2.76 bits per heavy atom. The Balaban J connectivity index is 1.74. The molecule has 0 bridgehead atoms. The lowest BCUT2D eigenvalue weighted by atomic mass is 9.88. The van der Waals surface area contributed by atoms with Crippen molar-refractivity contribution in [3.8, 4) is 0 Å². The van der Waals surface area contributed by atoms with Crippen LogP contribution in [0.4, 0.5) is 10.5 Å². The van der Waals surface area contributed by atoms with Crippen LogP contribution in [0.3, 0.4) is 0 Å². The van der Waals surface area contributed by atoms with E-state index in [1.54, 1.807) is 4.90 Å². The van der Waals surface area contributed by atoms with Gasteiger partial charge in [-0.25, -0.2) is 4.79 Å². The molecule has 7 heteroatoms. The minimum atomic E-state index is -1.06. The molecule has 7 nitrogen and oxygen atoms in total. The second-order valence-electron chi connectivity index (χ2n) is 6.60. The summed E-state index contributed by atoms with van der Waals surface area (Å²) < 4.78 is 0. The molecule has 1 aromatic rings. The number of carbonyl (C=O) groups is 3. The first-order chi connectivity index (χ1) is 12.0. The molecule has 1 saturated carbocycles. The number of aliphatic carboxylic acids is 1. The molecule has 3 rings (SSSR count). The number of carboxylic acids is 1. The van der Waals surface area contributed by atoms with Gasteiger partial charge in [0, 0.05) is 19.5 Å². The molecule has 134 valence electrons. The maximum Gasteiger partial charge on any atom is 0.439 e. The summed E-state index contributed by atoms with van der Waals surface area (Å²) in [5.41, 5.74) is 1.95. The Morgan fingerprint density at radius 1 is 1.24 bits per heavy atom. The number of carboxylic acid groups (broad SMARTS) is 1. The first kappa shape index (κ1) is 17.3. The zero-order valence-corrected chi connectivity index (χ0v) is 14.2. The van der Waals surface area contributed by atoms with E-state index in [0.717, 1.165) is 42.0 Å². The molecule has 2 atom stereocenters. The van der Waals surface area contributed by atoms with Crippen molar-refractivity contribution in [2.75, 3.05) is 11.9 Å². The Bertz CT molecular complexity index is 690. The smallest absolute Gasteiger partial charge is 0.439 e. The van der Waals surface area contributed by atoms with E-state index in [-0.39, 0.29) is 18.9 Å². The minimum Gasteiger partial charge on any atom is -0.481 e. The van der Waals surface area contributed by atoms with E-state index in [4.69, 9.17) is 9.94 Å². The van der Waals surface area contributed by atoms with E-state index in [9.17, 15) is 14.4 Å². The third-order valence-electron chi connectivity index (χ3n) is 5.00. The summed E-state index contributed by atoms with van der Waals surface area (Å²) in [6.45, 7) is 0. The van der Waals surface area contributed by atoms with E-state index in [1.165, 1.54) is 7.05 Å². The number of hydrogen-bond acceptors (Lipinski definition) is 4. The number of hydrogen-bond donors (Lipinski definition) is 1. The van der Waals surface area contributed by atoms with Crippen LogP contribution in [-0.2, 0) is 20.8 Å². The molecule has 1 aliphatic carbocycles. The number of carbonyl (C=O) groups excluding carboxylic acids is 2. The van der Waals surface area contributed by atoms with E-state index >= 15 is 0 Å². The predicted octanol–water partition coefficient (Wildman–Crippen LogP) is 2.59. The molecular formula is C18H22N2O5. The van der Waals surface area contributed by atoms with Crippen molar-refractivity contribution in [1.29, 1.82) is 0 Å². The van der Waals surface area contributed by atoms with E-state index in [1.807, 2.05) is 24.3 Å². The number of fused-ring (bicyclic) bond motifs is 2. The maximum absolute atomic E-state index is 12.7. The molecule has 2 amide bonds. The molecule has 1 aliphatic heterocycles. The molecule has 1 N–H and O–H groups in total. The van der Waals surface area contributed by atoms with Gasteiger partial charge >= 0.3 is 12.1 Å². The average molecular weight is 346 g/mol. The van der Waals surface area contributed by atoms with Gasteiger partial charge in [-0.2, -0.15) is 5.06 Å². The Hall–Kier alpha value is -2.57. The fraction of sp³-hybridized carbons (Fsp3) is 0.500. The molecule has 0 aromatic heterocycles. The van der Waals surface area contributed by atoms with E-state index < -0.39 is 18.0 Å². The normalized spacial score (nSPS) is 21.2. The summed E-state index contributed by atoms with van der Waals surface area (Å²) in [6.07, 6.45) is 2.94. The fourth-order valence-corrected chi connectivity index (χ4v) is 3.79. The van der Waals surface area contributed by atoms with Crippen LogP contribution >= 0.6 is 0 Å². The van der Waals surface area contributed by atoms with Gasteiger partial charge in [-0.1, -0.05) is 24.6 Å². The van der Waals surface area contributed by atoms with Gasteiger partial charge in [-0.3, -0.25) is 14.5 Å². The minimum absolute atomic E-state index is 0.0879. The lowest BCUT2D eigenvalue weighted by Crippen LogP contribution is -2.48. The molecule has 2 aliphatic rings. The van der Waals surface area contributed by atoms with Crippen LogP contribution in [-0.4, -0.2) is 41.2 Å². The second kappa shape index (κ2) is 7.13. The lowest BCUT2D eigenvalue weighted by Gasteiger charge is -2.38. The van der Waals surface area contributed by atoms with Crippen LogP contribution in [0.1, 0.15) is 37.7 Å². The number of anilines is 1. The summed E-state index contributed by atoms with van der Waals surface area (Å²) in [5.74, 6) is -1.19. The highest BCUT2D eigenvalue weighted by atomic mass is 16.7.